The molecule has 0 aliphatic carbocycles. The molecule has 0 bridgehead atoms. The molecule has 0 unspecified atom stereocenters. The Morgan fingerprint density at radius 2 is 1.79 bits per heavy atom. The van der Waals surface area contributed by atoms with Gasteiger partial charge in [0.2, 0.25) is 5.91 Å². The van der Waals surface area contributed by atoms with E-state index in [1.54, 1.807) is 0 Å². The molecule has 0 saturated carbocycles. The van der Waals surface area contributed by atoms with Crippen molar-refractivity contribution in [2.24, 2.45) is 5.92 Å². The van der Waals surface area contributed by atoms with Gasteiger partial charge in [-0.15, -0.1) is 0 Å². The Balaban J connectivity index is 1.53. The molecule has 134 valence electrons. The van der Waals surface area contributed by atoms with Gasteiger partial charge in [0.05, 0.1) is 6.61 Å². The maximum Gasteiger partial charge on any atom is 0.248 e. The van der Waals surface area contributed by atoms with E-state index in [4.69, 9.17) is 9.47 Å². The third-order valence-corrected chi connectivity index (χ3v) is 4.21. The minimum Gasteiger partial charge on any atom is -0.491 e. The van der Waals surface area contributed by atoms with E-state index in [0.29, 0.717) is 13.2 Å². The Hall–Kier alpha value is -1.59. The molecule has 24 heavy (non-hydrogen) atoms. The van der Waals surface area contributed by atoms with Crippen LogP contribution in [0.1, 0.15) is 20.3 Å². The average molecular weight is 334 g/mol. The number of ether oxygens (including phenoxy) is 2. The summed E-state index contributed by atoms with van der Waals surface area (Å²) in [5.74, 6) is 1.64. The SMILES string of the molecule is CC(C)CCN1CCN(C(=O)COCCOc2ccccc2)CC1. The number of carbonyl (C=O) groups is 1. The number of hydrogen-bond donors (Lipinski definition) is 0. The first-order chi connectivity index (χ1) is 11.6. The second-order valence-corrected chi connectivity index (χ2v) is 6.62. The molecule has 1 fully saturated rings. The Morgan fingerprint density at radius 3 is 2.46 bits per heavy atom. The van der Waals surface area contributed by atoms with Crippen LogP contribution < -0.4 is 4.74 Å². The van der Waals surface area contributed by atoms with Crippen molar-refractivity contribution in [3.8, 4) is 5.75 Å². The summed E-state index contributed by atoms with van der Waals surface area (Å²) in [5.41, 5.74) is 0. The van der Waals surface area contributed by atoms with Gasteiger partial charge in [0.25, 0.3) is 0 Å². The molecule has 0 N–H and O–H groups in total. The van der Waals surface area contributed by atoms with Gasteiger partial charge in [0.15, 0.2) is 0 Å². The normalized spacial score (nSPS) is 15.7. The molecule has 5 heteroatoms. The zero-order chi connectivity index (χ0) is 17.2. The minimum absolute atomic E-state index is 0.0817. The summed E-state index contributed by atoms with van der Waals surface area (Å²) in [7, 11) is 0. The molecule has 1 aliphatic rings. The van der Waals surface area contributed by atoms with Crippen molar-refractivity contribution in [1.29, 1.82) is 0 Å². The van der Waals surface area contributed by atoms with Crippen LogP contribution in [0.2, 0.25) is 0 Å². The van der Waals surface area contributed by atoms with Crippen LogP contribution in [0.4, 0.5) is 0 Å². The van der Waals surface area contributed by atoms with Crippen LogP contribution in [0, 0.1) is 5.92 Å². The number of amides is 1. The van der Waals surface area contributed by atoms with Crippen LogP contribution in [-0.2, 0) is 9.53 Å². The fourth-order valence-electron chi connectivity index (χ4n) is 2.65. The van der Waals surface area contributed by atoms with Crippen molar-refractivity contribution >= 4 is 5.91 Å². The molecule has 1 heterocycles. The van der Waals surface area contributed by atoms with Gasteiger partial charge in [0.1, 0.15) is 19.0 Å². The Kier molecular flexibility index (Phi) is 8.05. The topological polar surface area (TPSA) is 42.0 Å². The van der Waals surface area contributed by atoms with Crippen LogP contribution in [0.15, 0.2) is 30.3 Å². The van der Waals surface area contributed by atoms with E-state index in [0.717, 1.165) is 44.4 Å². The van der Waals surface area contributed by atoms with E-state index in [9.17, 15) is 4.79 Å². The second kappa shape index (κ2) is 10.3. The maximum atomic E-state index is 12.1. The molecular weight excluding hydrogens is 304 g/mol. The highest BCUT2D eigenvalue weighted by Gasteiger charge is 2.20. The van der Waals surface area contributed by atoms with Crippen molar-refractivity contribution in [2.45, 2.75) is 20.3 Å². The smallest absolute Gasteiger partial charge is 0.248 e. The van der Waals surface area contributed by atoms with Crippen LogP contribution in [0.3, 0.4) is 0 Å². The summed E-state index contributed by atoms with van der Waals surface area (Å²) in [5, 5.41) is 0. The standard InChI is InChI=1S/C19H30N2O3/c1-17(2)8-9-20-10-12-21(13-11-20)19(22)16-23-14-15-24-18-6-4-3-5-7-18/h3-7,17H,8-16H2,1-2H3. The second-order valence-electron chi connectivity index (χ2n) is 6.62. The molecule has 1 amide bonds. The average Bonchev–Trinajstić information content (AvgIpc) is 2.61. The van der Waals surface area contributed by atoms with Gasteiger partial charge in [-0.1, -0.05) is 32.0 Å². The van der Waals surface area contributed by atoms with Crippen molar-refractivity contribution in [1.82, 2.24) is 9.80 Å². The number of carbonyl (C=O) groups excluding carboxylic acids is 1. The summed E-state index contributed by atoms with van der Waals surface area (Å²) in [6.07, 6.45) is 1.22. The van der Waals surface area contributed by atoms with E-state index in [-0.39, 0.29) is 12.5 Å². The summed E-state index contributed by atoms with van der Waals surface area (Å²) in [6, 6.07) is 9.62. The first-order valence-electron chi connectivity index (χ1n) is 8.91. The number of piperazine rings is 1. The Morgan fingerprint density at radius 1 is 1.08 bits per heavy atom. The van der Waals surface area contributed by atoms with Crippen LogP contribution in [0.25, 0.3) is 0 Å². The third-order valence-electron chi connectivity index (χ3n) is 4.21. The highest BCUT2D eigenvalue weighted by Crippen LogP contribution is 2.08. The van der Waals surface area contributed by atoms with Gasteiger partial charge >= 0.3 is 0 Å². The molecule has 1 aliphatic heterocycles. The fourth-order valence-corrected chi connectivity index (χ4v) is 2.65. The maximum absolute atomic E-state index is 12.1. The quantitative estimate of drug-likeness (QED) is 0.650. The predicted octanol–water partition coefficient (Wildman–Crippen LogP) is 2.27. The van der Waals surface area contributed by atoms with Gasteiger partial charge in [-0.3, -0.25) is 9.69 Å². The first-order valence-corrected chi connectivity index (χ1v) is 8.91. The Labute approximate surface area is 145 Å². The van der Waals surface area contributed by atoms with Gasteiger partial charge in [0, 0.05) is 26.2 Å². The lowest BCUT2D eigenvalue weighted by Gasteiger charge is -2.35. The lowest BCUT2D eigenvalue weighted by atomic mass is 10.1. The molecule has 0 spiro atoms. The molecule has 0 aromatic heterocycles. The van der Waals surface area contributed by atoms with Crippen molar-refractivity contribution in [3.63, 3.8) is 0 Å². The van der Waals surface area contributed by atoms with Gasteiger partial charge in [-0.25, -0.2) is 0 Å². The number of rotatable bonds is 9. The van der Waals surface area contributed by atoms with E-state index in [2.05, 4.69) is 18.7 Å². The lowest BCUT2D eigenvalue weighted by molar-refractivity contribution is -0.138. The number of benzene rings is 1. The number of hydrogen-bond acceptors (Lipinski definition) is 4. The van der Waals surface area contributed by atoms with E-state index in [1.165, 1.54) is 6.42 Å². The molecule has 2 rings (SSSR count). The van der Waals surface area contributed by atoms with Crippen LogP contribution in [-0.4, -0.2) is 68.3 Å². The largest absolute Gasteiger partial charge is 0.491 e. The summed E-state index contributed by atoms with van der Waals surface area (Å²) in [6.45, 7) is 10.2. The van der Waals surface area contributed by atoms with Gasteiger partial charge < -0.3 is 14.4 Å². The van der Waals surface area contributed by atoms with Gasteiger partial charge in [-0.2, -0.15) is 0 Å². The van der Waals surface area contributed by atoms with Crippen molar-refractivity contribution in [2.75, 3.05) is 52.5 Å². The molecular formula is C19H30N2O3. The Bertz CT molecular complexity index is 471. The lowest BCUT2D eigenvalue weighted by Crippen LogP contribution is -2.50. The fraction of sp³-hybridized carbons (Fsp3) is 0.632. The molecule has 5 nitrogen and oxygen atoms in total. The molecule has 1 aromatic carbocycles. The highest BCUT2D eigenvalue weighted by atomic mass is 16.5. The van der Waals surface area contributed by atoms with Crippen LogP contribution in [0.5, 0.6) is 5.75 Å². The molecule has 0 atom stereocenters. The summed E-state index contributed by atoms with van der Waals surface area (Å²) < 4.78 is 11.0. The van der Waals surface area contributed by atoms with Gasteiger partial charge in [-0.05, 0) is 31.0 Å². The van der Waals surface area contributed by atoms with Crippen LogP contribution >= 0.6 is 0 Å². The monoisotopic (exact) mass is 334 g/mol. The molecule has 1 saturated heterocycles. The predicted molar refractivity (Wildman–Crippen MR) is 95.2 cm³/mol. The molecule has 0 radical (unpaired) electrons. The summed E-state index contributed by atoms with van der Waals surface area (Å²) in [4.78, 5) is 16.5. The van der Waals surface area contributed by atoms with Crippen molar-refractivity contribution < 1.29 is 14.3 Å². The zero-order valence-electron chi connectivity index (χ0n) is 14.9. The van der Waals surface area contributed by atoms with Crippen molar-refractivity contribution in [3.05, 3.63) is 30.3 Å². The molecule has 1 aromatic rings. The first kappa shape index (κ1) is 18.7. The van der Waals surface area contributed by atoms with E-state index < -0.39 is 0 Å². The summed E-state index contributed by atoms with van der Waals surface area (Å²) >= 11 is 0. The van der Waals surface area contributed by atoms with E-state index in [1.807, 2.05) is 35.2 Å². The zero-order valence-corrected chi connectivity index (χ0v) is 14.9. The third kappa shape index (κ3) is 6.89. The highest BCUT2D eigenvalue weighted by molar-refractivity contribution is 5.77. The number of para-hydroxylation sites is 1. The number of nitrogens with zero attached hydrogens (tertiary/aromatic N) is 2. The van der Waals surface area contributed by atoms with E-state index >= 15 is 0 Å². The minimum atomic E-state index is 0.0817.